The molecule has 5 rings (SSSR count). The number of benzene rings is 1. The Bertz CT molecular complexity index is 1230. The fourth-order valence-corrected chi connectivity index (χ4v) is 3.87. The van der Waals surface area contributed by atoms with Crippen molar-refractivity contribution in [2.24, 2.45) is 17.7 Å². The Morgan fingerprint density at radius 1 is 1.20 bits per heavy atom. The fourth-order valence-electron chi connectivity index (χ4n) is 3.87. The van der Waals surface area contributed by atoms with Crippen LogP contribution in [-0.2, 0) is 14.4 Å². The van der Waals surface area contributed by atoms with Gasteiger partial charge < -0.3 is 36.4 Å². The monoisotopic (exact) mass is 614 g/mol. The zero-order chi connectivity index (χ0) is 33.7. The van der Waals surface area contributed by atoms with Crippen molar-refractivity contribution in [3.8, 4) is 18.9 Å². The number of aromatic nitrogens is 2. The van der Waals surface area contributed by atoms with Crippen LogP contribution in [0.2, 0.25) is 0 Å². The third-order valence-corrected chi connectivity index (χ3v) is 6.53. The third kappa shape index (κ3) is 12.7. The average Bonchev–Trinajstić information content (AvgIpc) is 3.93. The number of aliphatic hydroxyl groups excluding tert-OH is 1. The number of rotatable bonds is 7. The van der Waals surface area contributed by atoms with E-state index in [1.807, 2.05) is 6.79 Å². The van der Waals surface area contributed by atoms with Gasteiger partial charge in [-0.15, -0.1) is 24.6 Å². The van der Waals surface area contributed by atoms with Gasteiger partial charge in [-0.05, 0) is 43.9 Å². The van der Waals surface area contributed by atoms with Gasteiger partial charge in [0.25, 0.3) is 5.56 Å². The van der Waals surface area contributed by atoms with Gasteiger partial charge in [0, 0.05) is 32.3 Å². The summed E-state index contributed by atoms with van der Waals surface area (Å²) < 4.78 is 0. The van der Waals surface area contributed by atoms with Gasteiger partial charge in [-0.2, -0.15) is 0 Å². The van der Waals surface area contributed by atoms with E-state index in [2.05, 4.69) is 52.3 Å². The number of likely N-dealkylation sites (N-methyl/N-ethyl adjacent to an activating group) is 1. The van der Waals surface area contributed by atoms with E-state index >= 15 is 0 Å². The van der Waals surface area contributed by atoms with Gasteiger partial charge in [-0.1, -0.05) is 38.0 Å². The lowest BCUT2D eigenvalue weighted by molar-refractivity contribution is -0.130. The summed E-state index contributed by atoms with van der Waals surface area (Å²) in [5.74, 6) is 6.57. The van der Waals surface area contributed by atoms with E-state index in [1.165, 1.54) is 25.1 Å². The van der Waals surface area contributed by atoms with Crippen molar-refractivity contribution in [3.05, 3.63) is 59.5 Å². The van der Waals surface area contributed by atoms with Crippen LogP contribution in [0.5, 0.6) is 6.01 Å². The Hall–Kier alpha value is -4.71. The first-order valence-corrected chi connectivity index (χ1v) is 13.8. The van der Waals surface area contributed by atoms with Crippen LogP contribution in [-0.4, -0.2) is 66.0 Å². The molecule has 2 amide bonds. The van der Waals surface area contributed by atoms with E-state index in [9.17, 15) is 14.4 Å². The number of hydrogen-bond acceptors (Lipinski definition) is 11. The molecule has 1 aromatic heterocycles. The second kappa shape index (κ2) is 21.1. The molecular weight excluding hydrogens is 568 g/mol. The third-order valence-electron chi connectivity index (χ3n) is 6.53. The van der Waals surface area contributed by atoms with Crippen LogP contribution in [0.15, 0.2) is 54.0 Å². The Morgan fingerprint density at radius 3 is 2.27 bits per heavy atom. The summed E-state index contributed by atoms with van der Waals surface area (Å²) in [6.45, 7) is 8.84. The summed E-state index contributed by atoms with van der Waals surface area (Å²) in [5.41, 5.74) is 5.55. The normalized spacial score (nSPS) is 20.1. The SMILES string of the molecule is C#C.C=CC1CC1(NC(=O)[C@@H]1CCCN1)C(=O)NC.C=O.CC1CC1.CO.Nc1ccccc1N(N)Oc1nccc(=O)[nH]1. The zero-order valence-corrected chi connectivity index (χ0v) is 25.6. The topological polar surface area (TPSA) is 218 Å². The van der Waals surface area contributed by atoms with Gasteiger partial charge in [0.05, 0.1) is 11.7 Å². The number of aliphatic hydroxyl groups is 1. The van der Waals surface area contributed by atoms with Crippen molar-refractivity contribution in [2.45, 2.75) is 50.6 Å². The number of H-pyrrole nitrogens is 1. The Balaban J connectivity index is 0.000000647. The largest absolute Gasteiger partial charge is 0.400 e. The Labute approximate surface area is 258 Å². The van der Waals surface area contributed by atoms with Crippen LogP contribution in [0.25, 0.3) is 0 Å². The summed E-state index contributed by atoms with van der Waals surface area (Å²) in [4.78, 5) is 54.1. The van der Waals surface area contributed by atoms with Crippen molar-refractivity contribution in [2.75, 3.05) is 31.6 Å². The number of para-hydroxylation sites is 2. The van der Waals surface area contributed by atoms with Crippen molar-refractivity contribution in [1.29, 1.82) is 0 Å². The second-order valence-electron chi connectivity index (χ2n) is 9.63. The van der Waals surface area contributed by atoms with E-state index in [4.69, 9.17) is 26.3 Å². The molecule has 3 aliphatic rings. The van der Waals surface area contributed by atoms with Crippen LogP contribution in [0.1, 0.15) is 39.0 Å². The predicted molar refractivity (Wildman–Crippen MR) is 171 cm³/mol. The number of hydrogen-bond donors (Lipinski definition) is 7. The molecule has 3 atom stereocenters. The number of nitrogens with one attached hydrogen (secondary N) is 4. The van der Waals surface area contributed by atoms with Crippen LogP contribution in [0.4, 0.5) is 11.4 Å². The van der Waals surface area contributed by atoms with Crippen LogP contribution >= 0.6 is 0 Å². The quantitative estimate of drug-likeness (QED) is 0.0755. The van der Waals surface area contributed by atoms with Crippen LogP contribution < -0.4 is 43.1 Å². The first-order chi connectivity index (χ1) is 21.2. The van der Waals surface area contributed by atoms with E-state index in [-0.39, 0.29) is 35.3 Å². The molecule has 1 aliphatic heterocycles. The highest BCUT2D eigenvalue weighted by atomic mass is 16.7. The lowest BCUT2D eigenvalue weighted by Gasteiger charge is -2.19. The van der Waals surface area contributed by atoms with Crippen LogP contribution in [0.3, 0.4) is 0 Å². The van der Waals surface area contributed by atoms with E-state index < -0.39 is 5.54 Å². The molecule has 14 nitrogen and oxygen atoms in total. The van der Waals surface area contributed by atoms with Gasteiger partial charge in [0.1, 0.15) is 18.0 Å². The summed E-state index contributed by atoms with van der Waals surface area (Å²) in [6.07, 6.45) is 16.5. The molecule has 1 saturated heterocycles. The molecule has 0 bridgehead atoms. The van der Waals surface area contributed by atoms with Gasteiger partial charge in [0.2, 0.25) is 11.8 Å². The van der Waals surface area contributed by atoms with E-state index in [0.717, 1.165) is 37.6 Å². The first kappa shape index (κ1) is 39.3. The molecule has 0 radical (unpaired) electrons. The summed E-state index contributed by atoms with van der Waals surface area (Å²) >= 11 is 0. The number of carbonyl (C=O) groups is 3. The first-order valence-electron chi connectivity index (χ1n) is 13.8. The van der Waals surface area contributed by atoms with Gasteiger partial charge in [0.15, 0.2) is 0 Å². The fraction of sp³-hybridized carbons (Fsp3) is 0.433. The maximum atomic E-state index is 12.0. The molecule has 44 heavy (non-hydrogen) atoms. The Kier molecular flexibility index (Phi) is 18.8. The van der Waals surface area contributed by atoms with Crippen molar-refractivity contribution in [1.82, 2.24) is 25.9 Å². The minimum absolute atomic E-state index is 0.0109. The Morgan fingerprint density at radius 2 is 1.82 bits per heavy atom. The molecule has 0 spiro atoms. The molecule has 242 valence electrons. The van der Waals surface area contributed by atoms with Gasteiger partial charge in [-0.3, -0.25) is 19.4 Å². The number of nitrogens with zero attached hydrogens (tertiary/aromatic N) is 2. The highest BCUT2D eigenvalue weighted by Crippen LogP contribution is 2.44. The smallest absolute Gasteiger partial charge is 0.325 e. The minimum atomic E-state index is -0.752. The number of hydrazine groups is 1. The van der Waals surface area contributed by atoms with Crippen molar-refractivity contribution in [3.63, 3.8) is 0 Å². The molecule has 3 fully saturated rings. The van der Waals surface area contributed by atoms with Gasteiger partial charge in [-0.25, -0.2) is 10.8 Å². The minimum Gasteiger partial charge on any atom is -0.400 e. The maximum Gasteiger partial charge on any atom is 0.325 e. The predicted octanol–water partition coefficient (Wildman–Crippen LogP) is 0.661. The zero-order valence-electron chi connectivity index (χ0n) is 25.6. The molecule has 2 saturated carbocycles. The molecule has 2 aromatic rings. The molecule has 2 aliphatic carbocycles. The van der Waals surface area contributed by atoms with Crippen molar-refractivity contribution >= 4 is 30.0 Å². The van der Waals surface area contributed by atoms with E-state index in [1.54, 1.807) is 37.4 Å². The summed E-state index contributed by atoms with van der Waals surface area (Å²) in [7, 11) is 2.59. The number of amides is 2. The van der Waals surface area contributed by atoms with Crippen LogP contribution in [0, 0.1) is 24.7 Å². The molecule has 2 unspecified atom stereocenters. The second-order valence-corrected chi connectivity index (χ2v) is 9.63. The molecule has 9 N–H and O–H groups in total. The number of nitrogen functional groups attached to an aromatic ring is 1. The summed E-state index contributed by atoms with van der Waals surface area (Å²) in [5, 5.41) is 16.5. The average molecular weight is 615 g/mol. The number of terminal acetylenes is 1. The number of anilines is 2. The molecule has 2 heterocycles. The molecular formula is C30H46N8O6. The van der Waals surface area contributed by atoms with E-state index in [0.29, 0.717) is 17.8 Å². The van der Waals surface area contributed by atoms with Crippen molar-refractivity contribution < 1.29 is 24.3 Å². The standard InChI is InChI=1S/C12H19N3O2.C10H11N5O2.C4H8.C2H2.CH4O.CH2O/c1-3-8-7-12(8,11(17)13-2)15-10(16)9-5-4-6-14-9;11-7-3-1-2-4-8(7)15(12)17-10-13-6-5-9(16)14-10;1-4-2-3-4;3*1-2/h3,8-9,14H,1,4-7H2,2H3,(H,13,17)(H,15,16);1-6H,11-12H2,(H,13,14,16);4H,2-3H2,1H3;1-2H;2H,1H3;1H2/t8?,9-,12?;;;;;/m0...../s1. The number of aromatic amines is 1. The maximum absolute atomic E-state index is 12.0. The molecule has 1 aromatic carbocycles. The highest BCUT2D eigenvalue weighted by Gasteiger charge is 2.59. The lowest BCUT2D eigenvalue weighted by atomic mass is 10.1. The van der Waals surface area contributed by atoms with Gasteiger partial charge >= 0.3 is 6.01 Å². The lowest BCUT2D eigenvalue weighted by Crippen LogP contribution is -2.53. The highest BCUT2D eigenvalue weighted by molar-refractivity contribution is 5.96. The number of nitrogens with two attached hydrogens (primary N) is 2. The molecule has 14 heteroatoms. The number of carbonyl (C=O) groups excluding carboxylic acids is 3. The summed E-state index contributed by atoms with van der Waals surface area (Å²) in [6, 6.07) is 8.00.